The van der Waals surface area contributed by atoms with E-state index in [1.165, 1.54) is 7.11 Å². The highest BCUT2D eigenvalue weighted by Crippen LogP contribution is 2.26. The van der Waals surface area contributed by atoms with Crippen LogP contribution in [-0.4, -0.2) is 25.5 Å². The van der Waals surface area contributed by atoms with Gasteiger partial charge in [-0.05, 0) is 36.4 Å². The highest BCUT2D eigenvalue weighted by Gasteiger charge is 2.18. The second-order valence-corrected chi connectivity index (χ2v) is 5.61. The molecular weight excluding hydrogens is 344 g/mol. The van der Waals surface area contributed by atoms with Gasteiger partial charge in [0.15, 0.2) is 6.61 Å². The monoisotopic (exact) mass is 362 g/mol. The Balaban J connectivity index is 1.71. The Labute approximate surface area is 157 Å². The lowest BCUT2D eigenvalue weighted by Crippen LogP contribution is -2.15. The van der Waals surface area contributed by atoms with Crippen molar-refractivity contribution in [1.82, 2.24) is 0 Å². The van der Waals surface area contributed by atoms with Crippen LogP contribution in [0.1, 0.15) is 20.7 Å². The van der Waals surface area contributed by atoms with E-state index in [4.69, 9.17) is 14.2 Å². The maximum absolute atomic E-state index is 12.5. The van der Waals surface area contributed by atoms with Gasteiger partial charge >= 0.3 is 5.97 Å². The van der Waals surface area contributed by atoms with Gasteiger partial charge in [-0.3, -0.25) is 4.79 Å². The predicted octanol–water partition coefficient (Wildman–Crippen LogP) is 4.53. The van der Waals surface area contributed by atoms with Gasteiger partial charge in [-0.15, -0.1) is 0 Å². The average molecular weight is 362 g/mol. The van der Waals surface area contributed by atoms with E-state index in [0.29, 0.717) is 22.8 Å². The summed E-state index contributed by atoms with van der Waals surface area (Å²) in [6, 6.07) is 22.6. The number of esters is 1. The van der Waals surface area contributed by atoms with Crippen LogP contribution in [-0.2, 0) is 4.74 Å². The zero-order valence-electron chi connectivity index (χ0n) is 14.8. The zero-order chi connectivity index (χ0) is 19.1. The van der Waals surface area contributed by atoms with Gasteiger partial charge in [-0.2, -0.15) is 0 Å². The molecular formula is C22H18O5. The fourth-order valence-electron chi connectivity index (χ4n) is 2.50. The first-order valence-corrected chi connectivity index (χ1v) is 8.34. The van der Waals surface area contributed by atoms with E-state index in [9.17, 15) is 9.59 Å². The standard InChI is InChI=1S/C22H18O5/c1-25-20-13-7-5-11-17(20)19(23)15-26-22(24)18-12-6-8-14-21(18)27-16-9-3-2-4-10-16/h2-14H,15H2,1H3. The van der Waals surface area contributed by atoms with Crippen molar-refractivity contribution in [3.63, 3.8) is 0 Å². The molecule has 0 aliphatic carbocycles. The summed E-state index contributed by atoms with van der Waals surface area (Å²) in [5.74, 6) is 0.416. The van der Waals surface area contributed by atoms with Gasteiger partial charge in [0.2, 0.25) is 5.78 Å². The average Bonchev–Trinajstić information content (AvgIpc) is 2.73. The zero-order valence-corrected chi connectivity index (χ0v) is 14.8. The number of rotatable bonds is 7. The molecule has 0 saturated heterocycles. The number of carbonyl (C=O) groups excluding carboxylic acids is 2. The highest BCUT2D eigenvalue weighted by molar-refractivity contribution is 6.01. The van der Waals surface area contributed by atoms with Gasteiger partial charge in [0.05, 0.1) is 12.7 Å². The van der Waals surface area contributed by atoms with Crippen LogP contribution in [0, 0.1) is 0 Å². The smallest absolute Gasteiger partial charge is 0.342 e. The molecule has 0 amide bonds. The second kappa shape index (κ2) is 8.67. The van der Waals surface area contributed by atoms with Crippen LogP contribution in [0.2, 0.25) is 0 Å². The van der Waals surface area contributed by atoms with E-state index in [1.807, 2.05) is 18.2 Å². The highest BCUT2D eigenvalue weighted by atomic mass is 16.5. The molecule has 0 unspecified atom stereocenters. The molecule has 0 aliphatic rings. The lowest BCUT2D eigenvalue weighted by Gasteiger charge is -2.11. The summed E-state index contributed by atoms with van der Waals surface area (Å²) in [7, 11) is 1.48. The molecule has 136 valence electrons. The quantitative estimate of drug-likeness (QED) is 0.456. The van der Waals surface area contributed by atoms with Crippen LogP contribution in [0.4, 0.5) is 0 Å². The Kier molecular flexibility index (Phi) is 5.84. The fourth-order valence-corrected chi connectivity index (χ4v) is 2.50. The first-order valence-electron chi connectivity index (χ1n) is 8.34. The number of hydrogen-bond acceptors (Lipinski definition) is 5. The molecule has 3 aromatic carbocycles. The van der Waals surface area contributed by atoms with Crippen molar-refractivity contribution in [3.05, 3.63) is 90.0 Å². The summed E-state index contributed by atoms with van der Waals surface area (Å²) in [5.41, 5.74) is 0.607. The Bertz CT molecular complexity index is 934. The van der Waals surface area contributed by atoms with Gasteiger partial charge in [0, 0.05) is 0 Å². The van der Waals surface area contributed by atoms with Crippen LogP contribution in [0.15, 0.2) is 78.9 Å². The number of Topliss-reactive ketones (excluding diaryl/α,β-unsaturated/α-hetero) is 1. The molecule has 0 N–H and O–H groups in total. The summed E-state index contributed by atoms with van der Waals surface area (Å²) in [6.07, 6.45) is 0. The minimum atomic E-state index is -0.634. The Hall–Kier alpha value is -3.60. The van der Waals surface area contributed by atoms with Crippen molar-refractivity contribution in [2.75, 3.05) is 13.7 Å². The van der Waals surface area contributed by atoms with E-state index in [0.717, 1.165) is 0 Å². The SMILES string of the molecule is COc1ccccc1C(=O)COC(=O)c1ccccc1Oc1ccccc1. The van der Waals surface area contributed by atoms with Crippen LogP contribution in [0.3, 0.4) is 0 Å². The lowest BCUT2D eigenvalue weighted by atomic mass is 10.1. The van der Waals surface area contributed by atoms with Crippen molar-refractivity contribution in [3.8, 4) is 17.2 Å². The molecule has 3 rings (SSSR count). The molecule has 0 aliphatic heterocycles. The third-order valence-electron chi connectivity index (χ3n) is 3.82. The molecule has 0 spiro atoms. The number of methoxy groups -OCH3 is 1. The second-order valence-electron chi connectivity index (χ2n) is 5.61. The Morgan fingerprint density at radius 3 is 2.04 bits per heavy atom. The summed E-state index contributed by atoms with van der Waals surface area (Å²) >= 11 is 0. The van der Waals surface area contributed by atoms with Crippen molar-refractivity contribution < 1.29 is 23.8 Å². The molecule has 0 atom stereocenters. The number of ketones is 1. The van der Waals surface area contributed by atoms with Gasteiger partial charge in [0.25, 0.3) is 0 Å². The van der Waals surface area contributed by atoms with Crippen LogP contribution in [0.5, 0.6) is 17.2 Å². The maximum atomic E-state index is 12.5. The Morgan fingerprint density at radius 2 is 1.33 bits per heavy atom. The van der Waals surface area contributed by atoms with Crippen LogP contribution >= 0.6 is 0 Å². The molecule has 0 radical (unpaired) electrons. The van der Waals surface area contributed by atoms with Gasteiger partial charge in [0.1, 0.15) is 22.8 Å². The first-order chi connectivity index (χ1) is 13.2. The summed E-state index contributed by atoms with van der Waals surface area (Å²) in [5, 5.41) is 0. The largest absolute Gasteiger partial charge is 0.496 e. The number of benzene rings is 3. The maximum Gasteiger partial charge on any atom is 0.342 e. The fraction of sp³-hybridized carbons (Fsp3) is 0.0909. The number of hydrogen-bond donors (Lipinski definition) is 0. The first kappa shape index (κ1) is 18.2. The van der Waals surface area contributed by atoms with Crippen molar-refractivity contribution in [2.24, 2.45) is 0 Å². The van der Waals surface area contributed by atoms with E-state index in [1.54, 1.807) is 60.7 Å². The van der Waals surface area contributed by atoms with Gasteiger partial charge in [-0.25, -0.2) is 4.79 Å². The molecule has 5 heteroatoms. The van der Waals surface area contributed by atoms with Crippen LogP contribution in [0.25, 0.3) is 0 Å². The molecule has 0 saturated carbocycles. The van der Waals surface area contributed by atoms with E-state index < -0.39 is 12.6 Å². The normalized spacial score (nSPS) is 10.1. The molecule has 0 heterocycles. The molecule has 27 heavy (non-hydrogen) atoms. The predicted molar refractivity (Wildman–Crippen MR) is 101 cm³/mol. The summed E-state index contributed by atoms with van der Waals surface area (Å²) in [6.45, 7) is -0.390. The third kappa shape index (κ3) is 4.52. The minimum absolute atomic E-state index is 0.245. The van der Waals surface area contributed by atoms with Crippen molar-refractivity contribution in [2.45, 2.75) is 0 Å². The minimum Gasteiger partial charge on any atom is -0.496 e. The third-order valence-corrected chi connectivity index (χ3v) is 3.82. The van der Waals surface area contributed by atoms with E-state index in [2.05, 4.69) is 0 Å². The van der Waals surface area contributed by atoms with Gasteiger partial charge in [-0.1, -0.05) is 42.5 Å². The molecule has 0 bridgehead atoms. The summed E-state index contributed by atoms with van der Waals surface area (Å²) < 4.78 is 16.1. The van der Waals surface area contributed by atoms with E-state index in [-0.39, 0.29) is 11.3 Å². The van der Waals surface area contributed by atoms with Crippen molar-refractivity contribution >= 4 is 11.8 Å². The molecule has 0 aromatic heterocycles. The molecule has 0 fully saturated rings. The molecule has 3 aromatic rings. The van der Waals surface area contributed by atoms with Crippen LogP contribution < -0.4 is 9.47 Å². The number of carbonyl (C=O) groups is 2. The number of ether oxygens (including phenoxy) is 3. The van der Waals surface area contributed by atoms with E-state index >= 15 is 0 Å². The van der Waals surface area contributed by atoms with Gasteiger partial charge < -0.3 is 14.2 Å². The molecule has 5 nitrogen and oxygen atoms in total. The topological polar surface area (TPSA) is 61.8 Å². The summed E-state index contributed by atoms with van der Waals surface area (Å²) in [4.78, 5) is 24.8. The lowest BCUT2D eigenvalue weighted by molar-refractivity contribution is 0.0471. The number of para-hydroxylation sites is 3. The Morgan fingerprint density at radius 1 is 0.741 bits per heavy atom. The van der Waals surface area contributed by atoms with Crippen molar-refractivity contribution in [1.29, 1.82) is 0 Å².